The van der Waals surface area contributed by atoms with E-state index >= 15 is 0 Å². The molecular formula is C25H27ClN7O9P. The highest BCUT2D eigenvalue weighted by molar-refractivity contribution is 7.52. The topological polar surface area (TPSA) is 233 Å². The van der Waals surface area contributed by atoms with E-state index < -0.39 is 56.2 Å². The van der Waals surface area contributed by atoms with Crippen molar-refractivity contribution < 1.29 is 38.1 Å². The summed E-state index contributed by atoms with van der Waals surface area (Å²) in [4.78, 5) is 31.3. The maximum Gasteiger partial charge on any atom is 0.459 e. The molecule has 6 atom stereocenters. The highest BCUT2D eigenvalue weighted by atomic mass is 35.5. The monoisotopic (exact) mass is 635 g/mol. The number of ether oxygens (including phenoxy) is 2. The zero-order chi connectivity index (χ0) is 31.2. The molecule has 1 aliphatic heterocycles. The average Bonchev–Trinajstić information content (AvgIpc) is 3.22. The number of carbonyl (C=O) groups excluding carboxylic acids is 1. The van der Waals surface area contributed by atoms with Crippen LogP contribution in [-0.4, -0.2) is 56.3 Å². The molecule has 1 aliphatic rings. The van der Waals surface area contributed by atoms with Gasteiger partial charge < -0.3 is 29.9 Å². The fourth-order valence-corrected chi connectivity index (χ4v) is 5.74. The number of nitrogens with one attached hydrogen (secondary N) is 1. The van der Waals surface area contributed by atoms with Gasteiger partial charge in [0.1, 0.15) is 36.4 Å². The summed E-state index contributed by atoms with van der Waals surface area (Å²) in [5.41, 5.74) is 12.1. The third-order valence-electron chi connectivity index (χ3n) is 6.17. The van der Waals surface area contributed by atoms with Gasteiger partial charge in [-0.25, -0.2) is 9.36 Å². The number of aliphatic hydroxyl groups is 2. The SMILES string of the molecule is C[C@H](NP(=O)(OCC1(N=[N+]=[N-])O[C@@H](n2ccc(N)nc2=O)[C@H](O)[C@@H]1O)Oc1ccccc1Cl)C(=O)OCc1ccccc1. The largest absolute Gasteiger partial charge is 0.460 e. The van der Waals surface area contributed by atoms with Crippen molar-refractivity contribution in [2.75, 3.05) is 12.3 Å². The van der Waals surface area contributed by atoms with Crippen LogP contribution >= 0.6 is 19.3 Å². The first kappa shape index (κ1) is 31.9. The first-order chi connectivity index (χ1) is 20.5. The maximum absolute atomic E-state index is 14.0. The van der Waals surface area contributed by atoms with Crippen LogP contribution in [0.4, 0.5) is 5.82 Å². The Morgan fingerprint density at radius 2 is 1.98 bits per heavy atom. The zero-order valence-corrected chi connectivity index (χ0v) is 24.1. The molecule has 1 aromatic heterocycles. The van der Waals surface area contributed by atoms with Crippen LogP contribution in [-0.2, 0) is 30.0 Å². The van der Waals surface area contributed by atoms with Gasteiger partial charge in [0.2, 0.25) is 5.72 Å². The van der Waals surface area contributed by atoms with Crippen LogP contribution in [0.2, 0.25) is 5.02 Å². The van der Waals surface area contributed by atoms with E-state index in [0.29, 0.717) is 5.56 Å². The lowest BCUT2D eigenvalue weighted by atomic mass is 10.1. The highest BCUT2D eigenvalue weighted by Gasteiger charge is 2.56. The van der Waals surface area contributed by atoms with Gasteiger partial charge in [-0.3, -0.25) is 13.9 Å². The number of rotatable bonds is 12. The van der Waals surface area contributed by atoms with Crippen LogP contribution < -0.4 is 21.0 Å². The number of anilines is 1. The molecule has 0 saturated carbocycles. The first-order valence-corrected chi connectivity index (χ1v) is 14.5. The fourth-order valence-electron chi connectivity index (χ4n) is 3.98. The van der Waals surface area contributed by atoms with E-state index in [1.165, 1.54) is 31.2 Å². The number of aliphatic hydroxyl groups excluding tert-OH is 2. The van der Waals surface area contributed by atoms with Gasteiger partial charge in [0, 0.05) is 11.1 Å². The predicted octanol–water partition coefficient (Wildman–Crippen LogP) is 2.66. The van der Waals surface area contributed by atoms with Gasteiger partial charge in [0.15, 0.2) is 6.23 Å². The van der Waals surface area contributed by atoms with Crippen molar-refractivity contribution in [3.8, 4) is 5.75 Å². The van der Waals surface area contributed by atoms with Crippen molar-refractivity contribution in [3.05, 3.63) is 98.4 Å². The lowest BCUT2D eigenvalue weighted by molar-refractivity contribution is -0.146. The Hall–Kier alpha value is -3.98. The number of benzene rings is 2. The van der Waals surface area contributed by atoms with Crippen LogP contribution in [0.25, 0.3) is 10.4 Å². The number of hydrogen-bond donors (Lipinski definition) is 4. The third-order valence-corrected chi connectivity index (χ3v) is 8.09. The van der Waals surface area contributed by atoms with Gasteiger partial charge in [0.25, 0.3) is 0 Å². The van der Waals surface area contributed by atoms with Crippen molar-refractivity contribution in [1.82, 2.24) is 14.6 Å². The van der Waals surface area contributed by atoms with E-state index in [0.717, 1.165) is 10.8 Å². The van der Waals surface area contributed by atoms with E-state index in [1.807, 2.05) is 0 Å². The quantitative estimate of drug-likeness (QED) is 0.0739. The van der Waals surface area contributed by atoms with Gasteiger partial charge in [-0.05, 0) is 36.2 Å². The van der Waals surface area contributed by atoms with Gasteiger partial charge in [-0.1, -0.05) is 59.2 Å². The molecule has 1 saturated heterocycles. The molecule has 0 spiro atoms. The second kappa shape index (κ2) is 13.5. The Morgan fingerprint density at radius 1 is 1.28 bits per heavy atom. The minimum Gasteiger partial charge on any atom is -0.460 e. The Morgan fingerprint density at radius 3 is 2.65 bits per heavy atom. The number of aromatic nitrogens is 2. The summed E-state index contributed by atoms with van der Waals surface area (Å²) in [6.07, 6.45) is -4.32. The smallest absolute Gasteiger partial charge is 0.459 e. The minimum atomic E-state index is -4.64. The summed E-state index contributed by atoms with van der Waals surface area (Å²) < 4.78 is 36.9. The number of carbonyl (C=O) groups is 1. The molecule has 3 aromatic rings. The van der Waals surface area contributed by atoms with E-state index in [1.54, 1.807) is 36.4 Å². The van der Waals surface area contributed by atoms with Crippen LogP contribution in [0, 0.1) is 0 Å². The molecule has 2 unspecified atom stereocenters. The Bertz CT molecular complexity index is 1610. The number of azide groups is 1. The number of nitrogen functional groups attached to an aromatic ring is 1. The molecular weight excluding hydrogens is 609 g/mol. The van der Waals surface area contributed by atoms with E-state index in [9.17, 15) is 29.9 Å². The number of halogens is 1. The third kappa shape index (κ3) is 7.51. The highest BCUT2D eigenvalue weighted by Crippen LogP contribution is 2.49. The van der Waals surface area contributed by atoms with Crippen LogP contribution in [0.3, 0.4) is 0 Å². The average molecular weight is 636 g/mol. The number of nitrogens with two attached hydrogens (primary N) is 1. The standard InChI is InChI=1S/C25H27ClN7O9P/c1-15(23(36)39-13-16-7-3-2-4-8-16)30-43(38,42-18-10-6-5-9-17(18)26)40-14-25(31-32-28)21(35)20(34)22(41-25)33-12-11-19(27)29-24(33)37/h2-12,15,20-22,34-35H,13-14H2,1H3,(H,30,38)(H2,27,29,37)/t15-,20+,21-,22+,25?,43?/m0/s1. The summed E-state index contributed by atoms with van der Waals surface area (Å²) in [6.45, 7) is 0.272. The lowest BCUT2D eigenvalue weighted by Gasteiger charge is -2.29. The fraction of sp³-hybridized carbons (Fsp3) is 0.320. The van der Waals surface area contributed by atoms with Gasteiger partial charge in [-0.15, -0.1) is 0 Å². The molecule has 18 heteroatoms. The van der Waals surface area contributed by atoms with E-state index in [4.69, 9.17) is 35.9 Å². The summed E-state index contributed by atoms with van der Waals surface area (Å²) in [7, 11) is -4.64. The predicted molar refractivity (Wildman–Crippen MR) is 151 cm³/mol. The molecule has 5 N–H and O–H groups in total. The summed E-state index contributed by atoms with van der Waals surface area (Å²) in [6, 6.07) is 14.7. The number of hydrogen-bond acceptors (Lipinski definition) is 12. The molecule has 2 aromatic carbocycles. The molecule has 0 amide bonds. The van der Waals surface area contributed by atoms with Gasteiger partial charge >= 0.3 is 19.4 Å². The Balaban J connectivity index is 1.58. The van der Waals surface area contributed by atoms with Crippen molar-refractivity contribution in [3.63, 3.8) is 0 Å². The summed E-state index contributed by atoms with van der Waals surface area (Å²) in [5, 5.41) is 27.5. The molecule has 1 fully saturated rings. The number of esters is 1. The molecule has 43 heavy (non-hydrogen) atoms. The van der Waals surface area contributed by atoms with Gasteiger partial charge in [0.05, 0.1) is 11.6 Å². The van der Waals surface area contributed by atoms with E-state index in [2.05, 4.69) is 20.1 Å². The maximum atomic E-state index is 14.0. The van der Waals surface area contributed by atoms with Crippen molar-refractivity contribution >= 4 is 31.1 Å². The Labute approximate surface area is 249 Å². The first-order valence-electron chi connectivity index (χ1n) is 12.6. The normalized spacial score (nSPS) is 23.5. The molecule has 2 heterocycles. The van der Waals surface area contributed by atoms with Crippen LogP contribution in [0.5, 0.6) is 5.75 Å². The zero-order valence-electron chi connectivity index (χ0n) is 22.5. The van der Waals surface area contributed by atoms with Crippen molar-refractivity contribution in [2.24, 2.45) is 5.11 Å². The van der Waals surface area contributed by atoms with Gasteiger partial charge in [-0.2, -0.15) is 10.1 Å². The summed E-state index contributed by atoms with van der Waals surface area (Å²) in [5.74, 6) is -1.03. The number of para-hydroxylation sites is 1. The van der Waals surface area contributed by atoms with Crippen LogP contribution in [0.1, 0.15) is 18.7 Å². The minimum absolute atomic E-state index is 0.0417. The molecule has 16 nitrogen and oxygen atoms in total. The summed E-state index contributed by atoms with van der Waals surface area (Å²) >= 11 is 6.17. The second-order valence-corrected chi connectivity index (χ2v) is 11.4. The molecule has 228 valence electrons. The second-order valence-electron chi connectivity index (χ2n) is 9.26. The Kier molecular flexibility index (Phi) is 10.1. The number of nitrogens with zero attached hydrogens (tertiary/aromatic N) is 5. The lowest BCUT2D eigenvalue weighted by Crippen LogP contribution is -2.45. The van der Waals surface area contributed by atoms with Crippen molar-refractivity contribution in [2.45, 2.75) is 43.7 Å². The molecule has 0 aliphatic carbocycles. The molecule has 0 radical (unpaired) electrons. The van der Waals surface area contributed by atoms with Crippen LogP contribution in [0.15, 0.2) is 76.8 Å². The van der Waals surface area contributed by atoms with E-state index in [-0.39, 0.29) is 23.2 Å². The molecule has 4 rings (SSSR count). The van der Waals surface area contributed by atoms with Crippen molar-refractivity contribution in [1.29, 1.82) is 0 Å². The molecule has 0 bridgehead atoms.